The van der Waals surface area contributed by atoms with E-state index in [9.17, 15) is 0 Å². The van der Waals surface area contributed by atoms with Crippen molar-refractivity contribution in [2.75, 3.05) is 0 Å². The molecule has 0 bridgehead atoms. The molecule has 1 aliphatic rings. The molecule has 0 unspecified atom stereocenters. The predicted octanol–water partition coefficient (Wildman–Crippen LogP) is 2.88. The third kappa shape index (κ3) is 1.24. The van der Waals surface area contributed by atoms with Gasteiger partial charge in [0.2, 0.25) is 0 Å². The van der Waals surface area contributed by atoms with Gasteiger partial charge in [0.05, 0.1) is 0 Å². The molecule has 0 saturated heterocycles. The van der Waals surface area contributed by atoms with E-state index in [0.29, 0.717) is 0 Å². The van der Waals surface area contributed by atoms with Crippen molar-refractivity contribution in [1.29, 1.82) is 0 Å². The molecule has 0 aliphatic heterocycles. The van der Waals surface area contributed by atoms with Gasteiger partial charge in [0.1, 0.15) is 0 Å². The molecule has 1 heterocycles. The summed E-state index contributed by atoms with van der Waals surface area (Å²) in [6.07, 6.45) is 2.68. The first-order valence-electron chi connectivity index (χ1n) is 4.63. The van der Waals surface area contributed by atoms with Gasteiger partial charge in [-0.15, -0.1) is 0 Å². The Kier molecular flexibility index (Phi) is 1.67. The largest absolute Gasteiger partial charge is 0.258 e. The van der Waals surface area contributed by atoms with E-state index in [4.69, 9.17) is 0 Å². The number of pyridine rings is 1. The monoisotopic (exact) mass is 161 g/mol. The average molecular weight is 161 g/mol. The van der Waals surface area contributed by atoms with Crippen molar-refractivity contribution < 1.29 is 0 Å². The van der Waals surface area contributed by atoms with Crippen molar-refractivity contribution in [3.63, 3.8) is 0 Å². The summed E-state index contributed by atoms with van der Waals surface area (Å²) in [5.74, 6) is 0.781. The number of hydrogen-bond acceptors (Lipinski definition) is 1. The number of hydrogen-bond donors (Lipinski definition) is 0. The molecule has 64 valence electrons. The summed E-state index contributed by atoms with van der Waals surface area (Å²) in [5, 5.41) is 0. The van der Waals surface area contributed by atoms with E-state index in [0.717, 1.165) is 5.92 Å². The fraction of sp³-hybridized carbons (Fsp3) is 0.545. The number of nitrogens with zero attached hydrogens (tertiary/aromatic N) is 1. The van der Waals surface area contributed by atoms with E-state index in [1.165, 1.54) is 35.4 Å². The van der Waals surface area contributed by atoms with Gasteiger partial charge in [0.15, 0.2) is 0 Å². The van der Waals surface area contributed by atoms with Gasteiger partial charge < -0.3 is 0 Å². The molecule has 1 heteroatoms. The van der Waals surface area contributed by atoms with E-state index >= 15 is 0 Å². The number of rotatable bonds is 1. The first-order valence-corrected chi connectivity index (χ1v) is 4.63. The van der Waals surface area contributed by atoms with Crippen LogP contribution in [-0.4, -0.2) is 4.98 Å². The summed E-state index contributed by atoms with van der Waals surface area (Å²) in [6.45, 7) is 6.43. The summed E-state index contributed by atoms with van der Waals surface area (Å²) < 4.78 is 0. The van der Waals surface area contributed by atoms with E-state index in [1.54, 1.807) is 0 Å². The maximum atomic E-state index is 4.60. The first-order chi connectivity index (χ1) is 5.68. The van der Waals surface area contributed by atoms with Crippen LogP contribution in [0, 0.1) is 20.8 Å². The van der Waals surface area contributed by atoms with E-state index in [1.807, 2.05) is 0 Å². The van der Waals surface area contributed by atoms with Crippen molar-refractivity contribution in [1.82, 2.24) is 4.98 Å². The third-order valence-electron chi connectivity index (χ3n) is 2.79. The van der Waals surface area contributed by atoms with Crippen LogP contribution in [0.1, 0.15) is 41.3 Å². The van der Waals surface area contributed by atoms with Gasteiger partial charge in [-0.05, 0) is 50.8 Å². The zero-order chi connectivity index (χ0) is 8.72. The minimum atomic E-state index is 0.781. The van der Waals surface area contributed by atoms with Crippen molar-refractivity contribution >= 4 is 0 Å². The summed E-state index contributed by atoms with van der Waals surface area (Å²) in [5.41, 5.74) is 5.26. The van der Waals surface area contributed by atoms with Gasteiger partial charge in [-0.1, -0.05) is 0 Å². The molecule has 0 spiro atoms. The topological polar surface area (TPSA) is 12.9 Å². The van der Waals surface area contributed by atoms with Crippen LogP contribution in [0.15, 0.2) is 6.07 Å². The molecule has 1 saturated carbocycles. The van der Waals surface area contributed by atoms with Crippen molar-refractivity contribution in [3.8, 4) is 0 Å². The van der Waals surface area contributed by atoms with Gasteiger partial charge in [-0.3, -0.25) is 4.98 Å². The normalized spacial score (nSPS) is 16.6. The Morgan fingerprint density at radius 1 is 1.25 bits per heavy atom. The van der Waals surface area contributed by atoms with Crippen LogP contribution in [0.5, 0.6) is 0 Å². The molecule has 0 aromatic carbocycles. The summed E-state index contributed by atoms with van der Waals surface area (Å²) in [4.78, 5) is 4.60. The van der Waals surface area contributed by atoms with Crippen molar-refractivity contribution in [2.45, 2.75) is 39.5 Å². The molecule has 1 fully saturated rings. The highest BCUT2D eigenvalue weighted by molar-refractivity contribution is 5.32. The molecular formula is C11H15N. The number of aromatic nitrogens is 1. The molecule has 1 aromatic heterocycles. The minimum absolute atomic E-state index is 0.781. The lowest BCUT2D eigenvalue weighted by Gasteiger charge is -2.06. The second-order valence-corrected chi connectivity index (χ2v) is 3.85. The molecule has 0 amide bonds. The average Bonchev–Trinajstić information content (AvgIpc) is 2.81. The van der Waals surface area contributed by atoms with Crippen LogP contribution in [0.2, 0.25) is 0 Å². The Morgan fingerprint density at radius 3 is 2.42 bits per heavy atom. The van der Waals surface area contributed by atoms with Crippen molar-refractivity contribution in [3.05, 3.63) is 28.6 Å². The van der Waals surface area contributed by atoms with Crippen molar-refractivity contribution in [2.24, 2.45) is 0 Å². The van der Waals surface area contributed by atoms with Gasteiger partial charge >= 0.3 is 0 Å². The Labute approximate surface area is 73.8 Å². The van der Waals surface area contributed by atoms with Crippen LogP contribution < -0.4 is 0 Å². The van der Waals surface area contributed by atoms with E-state index < -0.39 is 0 Å². The molecule has 0 N–H and O–H groups in total. The Balaban J connectivity index is 2.45. The molecule has 1 nitrogen and oxygen atoms in total. The molecule has 1 aromatic rings. The first kappa shape index (κ1) is 7.78. The third-order valence-corrected chi connectivity index (χ3v) is 2.79. The van der Waals surface area contributed by atoms with Crippen LogP contribution >= 0.6 is 0 Å². The standard InChI is InChI=1S/C11H15N/c1-7-6-11(10-4-5-10)12-9(3)8(7)2/h6,10H,4-5H2,1-3H3. The molecular weight excluding hydrogens is 146 g/mol. The second-order valence-electron chi connectivity index (χ2n) is 3.85. The van der Waals surface area contributed by atoms with E-state index in [2.05, 4.69) is 31.8 Å². The summed E-state index contributed by atoms with van der Waals surface area (Å²) in [6, 6.07) is 2.25. The van der Waals surface area contributed by atoms with Crippen LogP contribution in [0.3, 0.4) is 0 Å². The summed E-state index contributed by atoms with van der Waals surface area (Å²) >= 11 is 0. The molecule has 12 heavy (non-hydrogen) atoms. The second kappa shape index (κ2) is 2.58. The van der Waals surface area contributed by atoms with Gasteiger partial charge in [0, 0.05) is 17.3 Å². The Bertz CT molecular complexity index is 288. The van der Waals surface area contributed by atoms with Gasteiger partial charge in [-0.2, -0.15) is 0 Å². The van der Waals surface area contributed by atoms with Gasteiger partial charge in [0.25, 0.3) is 0 Å². The summed E-state index contributed by atoms with van der Waals surface area (Å²) in [7, 11) is 0. The maximum Gasteiger partial charge on any atom is 0.0440 e. The lowest BCUT2D eigenvalue weighted by atomic mass is 10.1. The van der Waals surface area contributed by atoms with Crippen LogP contribution in [0.25, 0.3) is 0 Å². The fourth-order valence-electron chi connectivity index (χ4n) is 1.51. The predicted molar refractivity (Wildman–Crippen MR) is 50.4 cm³/mol. The lowest BCUT2D eigenvalue weighted by molar-refractivity contribution is 0.970. The van der Waals surface area contributed by atoms with E-state index in [-0.39, 0.29) is 0 Å². The Hall–Kier alpha value is -0.850. The zero-order valence-corrected chi connectivity index (χ0v) is 8.02. The minimum Gasteiger partial charge on any atom is -0.258 e. The Morgan fingerprint density at radius 2 is 1.92 bits per heavy atom. The SMILES string of the molecule is Cc1cc(C2CC2)nc(C)c1C. The van der Waals surface area contributed by atoms with Crippen LogP contribution in [-0.2, 0) is 0 Å². The molecule has 1 aliphatic carbocycles. The van der Waals surface area contributed by atoms with Crippen LogP contribution in [0.4, 0.5) is 0 Å². The molecule has 2 rings (SSSR count). The quantitative estimate of drug-likeness (QED) is 0.617. The smallest absolute Gasteiger partial charge is 0.0440 e. The highest BCUT2D eigenvalue weighted by Gasteiger charge is 2.25. The fourth-order valence-corrected chi connectivity index (χ4v) is 1.51. The maximum absolute atomic E-state index is 4.60. The highest BCUT2D eigenvalue weighted by atomic mass is 14.7. The van der Waals surface area contributed by atoms with Gasteiger partial charge in [-0.25, -0.2) is 0 Å². The number of aryl methyl sites for hydroxylation is 2. The molecule has 0 radical (unpaired) electrons. The zero-order valence-electron chi connectivity index (χ0n) is 8.02. The lowest BCUT2D eigenvalue weighted by Crippen LogP contribution is -1.95. The molecule has 0 atom stereocenters. The highest BCUT2D eigenvalue weighted by Crippen LogP contribution is 2.39.